The summed E-state index contributed by atoms with van der Waals surface area (Å²) >= 11 is 7.02. The average Bonchev–Trinajstić information content (AvgIpc) is 2.71. The van der Waals surface area contributed by atoms with Gasteiger partial charge in [-0.3, -0.25) is 19.7 Å². The van der Waals surface area contributed by atoms with Gasteiger partial charge in [0.25, 0.3) is 5.69 Å². The van der Waals surface area contributed by atoms with Gasteiger partial charge in [-0.05, 0) is 30.3 Å². The van der Waals surface area contributed by atoms with E-state index in [9.17, 15) is 32.9 Å². The Kier molecular flexibility index (Phi) is 7.14. The van der Waals surface area contributed by atoms with E-state index in [2.05, 4.69) is 10.6 Å². The summed E-state index contributed by atoms with van der Waals surface area (Å²) in [5.74, 6) is -0.915. The van der Waals surface area contributed by atoms with Crippen molar-refractivity contribution in [3.8, 4) is 0 Å². The quantitative estimate of drug-likeness (QED) is 0.362. The number of nitrogens with zero attached hydrogens (tertiary/aromatic N) is 2. The molecule has 0 saturated carbocycles. The zero-order valence-corrected chi connectivity index (χ0v) is 17.8. The Morgan fingerprint density at radius 3 is 2.66 bits per heavy atom. The molecule has 2 aromatic rings. The Balaban J connectivity index is 1.64. The molecule has 0 unspecified atom stereocenters. The zero-order chi connectivity index (χ0) is 23.5. The van der Waals surface area contributed by atoms with Crippen LogP contribution in [0.5, 0.6) is 0 Å². The van der Waals surface area contributed by atoms with E-state index in [1.54, 1.807) is 17.0 Å². The van der Waals surface area contributed by atoms with Crippen LogP contribution in [-0.2, 0) is 15.8 Å². The number of benzene rings is 2. The van der Waals surface area contributed by atoms with Crippen LogP contribution in [0.25, 0.3) is 0 Å². The smallest absolute Gasteiger partial charge is 0.359 e. The fourth-order valence-electron chi connectivity index (χ4n) is 2.98. The van der Waals surface area contributed by atoms with Gasteiger partial charge in [0.2, 0.25) is 11.8 Å². The number of nitrogens with one attached hydrogen (secondary N) is 2. The molecule has 1 fully saturated rings. The van der Waals surface area contributed by atoms with Crippen LogP contribution in [0.15, 0.2) is 41.3 Å². The standard InChI is InChI=1S/C19H16ClF3N4O4S/c20-13-8-12(2-3-14(13)26-6-5-24-17(28)9-26)25-18(29)10-32-16-4-1-11(19(21,22)23)7-15(16)27(30)31/h1-4,7-8H,5-6,9-10H2,(H,24,28)(H,25,29). The van der Waals surface area contributed by atoms with Crippen LogP contribution in [0.2, 0.25) is 5.02 Å². The maximum absolute atomic E-state index is 12.8. The SMILES string of the molecule is O=C1CN(c2ccc(NC(=O)CSc3ccc(C(F)(F)F)cc3[N+](=O)[O-])cc2Cl)CCN1. The lowest BCUT2D eigenvalue weighted by molar-refractivity contribution is -0.388. The van der Waals surface area contributed by atoms with Gasteiger partial charge in [-0.25, -0.2) is 0 Å². The van der Waals surface area contributed by atoms with Gasteiger partial charge < -0.3 is 15.5 Å². The van der Waals surface area contributed by atoms with Gasteiger partial charge >= 0.3 is 6.18 Å². The van der Waals surface area contributed by atoms with E-state index in [1.807, 2.05) is 0 Å². The highest BCUT2D eigenvalue weighted by molar-refractivity contribution is 8.00. The van der Waals surface area contributed by atoms with Gasteiger partial charge in [0, 0.05) is 24.8 Å². The number of carbonyl (C=O) groups excluding carboxylic acids is 2. The molecule has 2 aromatic carbocycles. The normalized spacial score (nSPS) is 14.1. The number of halogens is 4. The molecule has 3 rings (SSSR count). The third-order valence-corrected chi connectivity index (χ3v) is 5.82. The van der Waals surface area contributed by atoms with Crippen molar-refractivity contribution in [3.05, 3.63) is 57.1 Å². The second-order valence-corrected chi connectivity index (χ2v) is 8.14. The predicted molar refractivity (Wildman–Crippen MR) is 114 cm³/mol. The van der Waals surface area contributed by atoms with Crippen LogP contribution in [0.1, 0.15) is 5.56 Å². The molecule has 8 nitrogen and oxygen atoms in total. The van der Waals surface area contributed by atoms with Crippen LogP contribution in [0, 0.1) is 10.1 Å². The lowest BCUT2D eigenvalue weighted by Gasteiger charge is -2.29. The molecule has 0 radical (unpaired) electrons. The summed E-state index contributed by atoms with van der Waals surface area (Å²) in [5, 5.41) is 16.8. The first-order valence-electron chi connectivity index (χ1n) is 9.14. The predicted octanol–water partition coefficient (Wildman–Crippen LogP) is 3.93. The van der Waals surface area contributed by atoms with Crippen molar-refractivity contribution in [1.82, 2.24) is 5.32 Å². The van der Waals surface area contributed by atoms with Crippen molar-refractivity contribution in [2.45, 2.75) is 11.1 Å². The van der Waals surface area contributed by atoms with Crippen molar-refractivity contribution in [3.63, 3.8) is 0 Å². The number of rotatable bonds is 6. The molecule has 170 valence electrons. The summed E-state index contributed by atoms with van der Waals surface area (Å²) < 4.78 is 38.4. The van der Waals surface area contributed by atoms with Crippen LogP contribution < -0.4 is 15.5 Å². The Morgan fingerprint density at radius 1 is 1.28 bits per heavy atom. The number of carbonyl (C=O) groups is 2. The molecule has 2 N–H and O–H groups in total. The number of nitro groups is 1. The van der Waals surface area contributed by atoms with E-state index in [4.69, 9.17) is 11.6 Å². The van der Waals surface area contributed by atoms with Crippen LogP contribution >= 0.6 is 23.4 Å². The lowest BCUT2D eigenvalue weighted by Crippen LogP contribution is -2.47. The number of alkyl halides is 3. The summed E-state index contributed by atoms with van der Waals surface area (Å²) in [6.07, 6.45) is -4.71. The molecule has 32 heavy (non-hydrogen) atoms. The van der Waals surface area contributed by atoms with Gasteiger partial charge in [0.1, 0.15) is 0 Å². The molecular formula is C19H16ClF3N4O4S. The van der Waals surface area contributed by atoms with Crippen LogP contribution in [0.3, 0.4) is 0 Å². The van der Waals surface area contributed by atoms with Gasteiger partial charge in [-0.15, -0.1) is 11.8 Å². The highest BCUT2D eigenvalue weighted by Gasteiger charge is 2.33. The molecule has 1 saturated heterocycles. The van der Waals surface area contributed by atoms with Crippen LogP contribution in [-0.4, -0.2) is 42.1 Å². The third-order valence-electron chi connectivity index (χ3n) is 4.45. The summed E-state index contributed by atoms with van der Waals surface area (Å²) in [6, 6.07) is 6.90. The first-order chi connectivity index (χ1) is 15.0. The Bertz CT molecular complexity index is 1070. The Labute approximate surface area is 189 Å². The van der Waals surface area contributed by atoms with E-state index < -0.39 is 28.3 Å². The molecule has 0 aliphatic carbocycles. The van der Waals surface area contributed by atoms with Gasteiger partial charge in [-0.2, -0.15) is 13.2 Å². The third kappa shape index (κ3) is 5.82. The van der Waals surface area contributed by atoms with Crippen molar-refractivity contribution in [1.29, 1.82) is 0 Å². The van der Waals surface area contributed by atoms with E-state index in [-0.39, 0.29) is 23.1 Å². The molecule has 0 spiro atoms. The van der Waals surface area contributed by atoms with Crippen LogP contribution in [0.4, 0.5) is 30.2 Å². The Morgan fingerprint density at radius 2 is 2.03 bits per heavy atom. The molecule has 0 aromatic heterocycles. The average molecular weight is 489 g/mol. The number of hydrogen-bond donors (Lipinski definition) is 2. The second-order valence-electron chi connectivity index (χ2n) is 6.71. The molecule has 2 amide bonds. The van der Waals surface area contributed by atoms with Crippen molar-refractivity contribution in [2.24, 2.45) is 0 Å². The molecular weight excluding hydrogens is 473 g/mol. The number of hydrogen-bond acceptors (Lipinski definition) is 6. The fraction of sp³-hybridized carbons (Fsp3) is 0.263. The highest BCUT2D eigenvalue weighted by atomic mass is 35.5. The number of amides is 2. The summed E-state index contributed by atoms with van der Waals surface area (Å²) in [7, 11) is 0. The van der Waals surface area contributed by atoms with E-state index in [1.165, 1.54) is 6.07 Å². The first kappa shape index (κ1) is 23.7. The van der Waals surface area contributed by atoms with E-state index in [0.717, 1.165) is 23.9 Å². The Hall–Kier alpha value is -2.99. The minimum Gasteiger partial charge on any atom is -0.359 e. The molecule has 1 aliphatic heterocycles. The van der Waals surface area contributed by atoms with Crippen molar-refractivity contribution >= 4 is 52.2 Å². The first-order valence-corrected chi connectivity index (χ1v) is 10.5. The van der Waals surface area contributed by atoms with Gasteiger partial charge in [0.05, 0.1) is 38.4 Å². The summed E-state index contributed by atoms with van der Waals surface area (Å²) in [5.41, 5.74) is -0.864. The molecule has 13 heteroatoms. The second kappa shape index (κ2) is 9.65. The molecule has 0 atom stereocenters. The highest BCUT2D eigenvalue weighted by Crippen LogP contribution is 2.36. The van der Waals surface area contributed by atoms with Crippen molar-refractivity contribution in [2.75, 3.05) is 35.6 Å². The summed E-state index contributed by atoms with van der Waals surface area (Å²) in [4.78, 5) is 35.7. The fourth-order valence-corrected chi connectivity index (χ4v) is 4.09. The summed E-state index contributed by atoms with van der Waals surface area (Å²) in [6.45, 7) is 1.23. The van der Waals surface area contributed by atoms with Crippen molar-refractivity contribution < 1.29 is 27.7 Å². The number of anilines is 2. The minimum absolute atomic E-state index is 0.0603. The minimum atomic E-state index is -4.71. The monoisotopic (exact) mass is 488 g/mol. The maximum atomic E-state index is 12.8. The lowest BCUT2D eigenvalue weighted by atomic mass is 10.2. The molecule has 1 aliphatic rings. The van der Waals surface area contributed by atoms with E-state index >= 15 is 0 Å². The van der Waals surface area contributed by atoms with Gasteiger partial charge in [0.15, 0.2) is 0 Å². The molecule has 0 bridgehead atoms. The zero-order valence-electron chi connectivity index (χ0n) is 16.2. The number of piperazine rings is 1. The largest absolute Gasteiger partial charge is 0.416 e. The molecule has 1 heterocycles. The number of nitro benzene ring substituents is 1. The topological polar surface area (TPSA) is 105 Å². The number of thioether (sulfide) groups is 1. The van der Waals surface area contributed by atoms with Gasteiger partial charge in [-0.1, -0.05) is 11.6 Å². The maximum Gasteiger partial charge on any atom is 0.416 e. The van der Waals surface area contributed by atoms with E-state index in [0.29, 0.717) is 35.6 Å².